The van der Waals surface area contributed by atoms with E-state index in [1.165, 1.54) is 5.56 Å². The van der Waals surface area contributed by atoms with Gasteiger partial charge in [-0.3, -0.25) is 4.79 Å². The molecule has 0 aliphatic carbocycles. The smallest absolute Gasteiger partial charge is 0.167 e. The molecule has 20 heavy (non-hydrogen) atoms. The predicted octanol–water partition coefficient (Wildman–Crippen LogP) is 5.34. The number of hydrogen-bond acceptors (Lipinski definition) is 1. The van der Waals surface area contributed by atoms with Gasteiger partial charge in [-0.05, 0) is 49.6 Å². The topological polar surface area (TPSA) is 17.1 Å². The van der Waals surface area contributed by atoms with Crippen molar-refractivity contribution in [2.75, 3.05) is 0 Å². The van der Waals surface area contributed by atoms with Gasteiger partial charge in [-0.1, -0.05) is 47.0 Å². The van der Waals surface area contributed by atoms with Crippen molar-refractivity contribution >= 4 is 29.0 Å². The number of benzene rings is 2. The van der Waals surface area contributed by atoms with Crippen LogP contribution < -0.4 is 0 Å². The van der Waals surface area contributed by atoms with Crippen LogP contribution in [0.25, 0.3) is 0 Å². The molecule has 104 valence electrons. The maximum atomic E-state index is 12.5. The third-order valence-electron chi connectivity index (χ3n) is 3.32. The second-order valence-electron chi connectivity index (χ2n) is 5.11. The molecule has 1 nitrogen and oxygen atoms in total. The molecule has 0 atom stereocenters. The first-order valence-electron chi connectivity index (χ1n) is 6.43. The van der Waals surface area contributed by atoms with Gasteiger partial charge >= 0.3 is 0 Å². The van der Waals surface area contributed by atoms with Gasteiger partial charge in [0.1, 0.15) is 0 Å². The summed E-state index contributed by atoms with van der Waals surface area (Å²) in [4.78, 5) is 12.5. The van der Waals surface area contributed by atoms with Crippen molar-refractivity contribution in [3.63, 3.8) is 0 Å². The molecule has 2 aromatic rings. The van der Waals surface area contributed by atoms with Crippen LogP contribution in [0, 0.1) is 20.8 Å². The van der Waals surface area contributed by atoms with E-state index in [0.29, 0.717) is 16.5 Å². The Morgan fingerprint density at radius 1 is 1.00 bits per heavy atom. The SMILES string of the molecule is Cc1cc(C)c(C(=O)Cc2ccc(Cl)cc2Cl)c(C)c1. The van der Waals surface area contributed by atoms with Crippen LogP contribution in [0.4, 0.5) is 0 Å². The lowest BCUT2D eigenvalue weighted by Gasteiger charge is -2.11. The summed E-state index contributed by atoms with van der Waals surface area (Å²) < 4.78 is 0. The van der Waals surface area contributed by atoms with Crippen molar-refractivity contribution in [2.24, 2.45) is 0 Å². The number of carbonyl (C=O) groups is 1. The minimum atomic E-state index is 0.0872. The molecule has 0 radical (unpaired) electrons. The van der Waals surface area contributed by atoms with Crippen molar-refractivity contribution in [3.8, 4) is 0 Å². The van der Waals surface area contributed by atoms with Gasteiger partial charge in [0.25, 0.3) is 0 Å². The van der Waals surface area contributed by atoms with E-state index in [1.54, 1.807) is 18.2 Å². The second kappa shape index (κ2) is 5.99. The third-order valence-corrected chi connectivity index (χ3v) is 3.91. The molecule has 0 fully saturated rings. The first kappa shape index (κ1) is 15.1. The van der Waals surface area contributed by atoms with Crippen LogP contribution in [-0.4, -0.2) is 5.78 Å². The fraction of sp³-hybridized carbons (Fsp3) is 0.235. The molecule has 3 heteroatoms. The van der Waals surface area contributed by atoms with E-state index in [2.05, 4.69) is 0 Å². The first-order chi connectivity index (χ1) is 9.38. The molecule has 0 amide bonds. The monoisotopic (exact) mass is 306 g/mol. The molecule has 0 heterocycles. The van der Waals surface area contributed by atoms with E-state index in [4.69, 9.17) is 23.2 Å². The Morgan fingerprint density at radius 3 is 2.15 bits per heavy atom. The zero-order valence-electron chi connectivity index (χ0n) is 11.8. The summed E-state index contributed by atoms with van der Waals surface area (Å²) in [7, 11) is 0. The van der Waals surface area contributed by atoms with Crippen molar-refractivity contribution in [2.45, 2.75) is 27.2 Å². The van der Waals surface area contributed by atoms with Crippen LogP contribution in [0.3, 0.4) is 0 Å². The predicted molar refractivity (Wildman–Crippen MR) is 85.1 cm³/mol. The Balaban J connectivity index is 2.33. The molecule has 0 N–H and O–H groups in total. The minimum absolute atomic E-state index is 0.0872. The Hall–Kier alpha value is -1.31. The Kier molecular flexibility index (Phi) is 4.52. The zero-order valence-corrected chi connectivity index (χ0v) is 13.3. The number of carbonyl (C=O) groups excluding carboxylic acids is 1. The Labute approximate surface area is 129 Å². The highest BCUT2D eigenvalue weighted by Gasteiger charge is 2.15. The van der Waals surface area contributed by atoms with Gasteiger partial charge in [-0.2, -0.15) is 0 Å². The maximum Gasteiger partial charge on any atom is 0.167 e. The largest absolute Gasteiger partial charge is 0.294 e. The second-order valence-corrected chi connectivity index (χ2v) is 5.95. The van der Waals surface area contributed by atoms with E-state index in [1.807, 2.05) is 32.9 Å². The highest BCUT2D eigenvalue weighted by atomic mass is 35.5. The molecular formula is C17H16Cl2O. The van der Waals surface area contributed by atoms with E-state index in [0.717, 1.165) is 22.3 Å². The van der Waals surface area contributed by atoms with Gasteiger partial charge < -0.3 is 0 Å². The van der Waals surface area contributed by atoms with Crippen molar-refractivity contribution < 1.29 is 4.79 Å². The normalized spacial score (nSPS) is 10.7. The fourth-order valence-corrected chi connectivity index (χ4v) is 3.02. The molecule has 2 rings (SSSR count). The van der Waals surface area contributed by atoms with Gasteiger partial charge in [0, 0.05) is 22.0 Å². The van der Waals surface area contributed by atoms with Crippen LogP contribution in [0.2, 0.25) is 10.0 Å². The van der Waals surface area contributed by atoms with Crippen LogP contribution in [0.1, 0.15) is 32.6 Å². The van der Waals surface area contributed by atoms with Crippen molar-refractivity contribution in [3.05, 3.63) is 68.2 Å². The molecule has 0 saturated heterocycles. The molecule has 2 aromatic carbocycles. The maximum absolute atomic E-state index is 12.5. The van der Waals surface area contributed by atoms with E-state index in [-0.39, 0.29) is 5.78 Å². The number of hydrogen-bond donors (Lipinski definition) is 0. The summed E-state index contributed by atoms with van der Waals surface area (Å²) in [6.45, 7) is 5.97. The minimum Gasteiger partial charge on any atom is -0.294 e. The Morgan fingerprint density at radius 2 is 1.60 bits per heavy atom. The lowest BCUT2D eigenvalue weighted by Crippen LogP contribution is -2.08. The summed E-state index contributed by atoms with van der Waals surface area (Å²) in [6.07, 6.45) is 0.292. The standard InChI is InChI=1S/C17H16Cl2O/c1-10-6-11(2)17(12(3)7-10)16(20)8-13-4-5-14(18)9-15(13)19/h4-7,9H,8H2,1-3H3. The highest BCUT2D eigenvalue weighted by Crippen LogP contribution is 2.24. The molecule has 0 unspecified atom stereocenters. The number of aryl methyl sites for hydroxylation is 3. The van der Waals surface area contributed by atoms with E-state index in [9.17, 15) is 4.79 Å². The number of halogens is 2. The van der Waals surface area contributed by atoms with Crippen LogP contribution in [0.5, 0.6) is 0 Å². The lowest BCUT2D eigenvalue weighted by atomic mass is 9.93. The van der Waals surface area contributed by atoms with Gasteiger partial charge in [-0.15, -0.1) is 0 Å². The van der Waals surface area contributed by atoms with Gasteiger partial charge in [0.05, 0.1) is 0 Å². The summed E-state index contributed by atoms with van der Waals surface area (Å²) in [5, 5.41) is 1.11. The molecule has 0 aromatic heterocycles. The summed E-state index contributed by atoms with van der Waals surface area (Å²) >= 11 is 12.0. The van der Waals surface area contributed by atoms with Crippen LogP contribution in [-0.2, 0) is 6.42 Å². The fourth-order valence-electron chi connectivity index (χ4n) is 2.55. The molecule has 0 bridgehead atoms. The zero-order chi connectivity index (χ0) is 14.9. The molecule has 0 aliphatic rings. The van der Waals surface area contributed by atoms with E-state index < -0.39 is 0 Å². The van der Waals surface area contributed by atoms with Crippen molar-refractivity contribution in [1.29, 1.82) is 0 Å². The summed E-state index contributed by atoms with van der Waals surface area (Å²) in [6, 6.07) is 9.29. The van der Waals surface area contributed by atoms with Crippen LogP contribution >= 0.6 is 23.2 Å². The number of Topliss-reactive ketones (excluding diaryl/α,β-unsaturated/α-hetero) is 1. The van der Waals surface area contributed by atoms with Crippen LogP contribution in [0.15, 0.2) is 30.3 Å². The number of ketones is 1. The number of rotatable bonds is 3. The van der Waals surface area contributed by atoms with Crippen molar-refractivity contribution in [1.82, 2.24) is 0 Å². The quantitative estimate of drug-likeness (QED) is 0.699. The van der Waals surface area contributed by atoms with Gasteiger partial charge in [-0.25, -0.2) is 0 Å². The molecule has 0 aliphatic heterocycles. The highest BCUT2D eigenvalue weighted by molar-refractivity contribution is 6.35. The Bertz CT molecular complexity index is 652. The van der Waals surface area contributed by atoms with E-state index >= 15 is 0 Å². The average Bonchev–Trinajstić information content (AvgIpc) is 2.31. The third kappa shape index (κ3) is 3.23. The first-order valence-corrected chi connectivity index (χ1v) is 7.19. The lowest BCUT2D eigenvalue weighted by molar-refractivity contribution is 0.0992. The average molecular weight is 307 g/mol. The van der Waals surface area contributed by atoms with Gasteiger partial charge in [0.2, 0.25) is 0 Å². The summed E-state index contributed by atoms with van der Waals surface area (Å²) in [5.41, 5.74) is 4.79. The summed E-state index contributed by atoms with van der Waals surface area (Å²) in [5.74, 6) is 0.0872. The molecular weight excluding hydrogens is 291 g/mol. The molecule has 0 spiro atoms. The molecule has 0 saturated carbocycles. The van der Waals surface area contributed by atoms with Gasteiger partial charge in [0.15, 0.2) is 5.78 Å².